The Hall–Kier alpha value is -1.61. The first kappa shape index (κ1) is 14.8. The molecule has 0 aliphatic heterocycles. The van der Waals surface area contributed by atoms with Crippen molar-refractivity contribution < 1.29 is 4.74 Å². The second-order valence-electron chi connectivity index (χ2n) is 4.59. The first-order valence-electron chi connectivity index (χ1n) is 6.95. The fraction of sp³-hybridized carbons (Fsp3) is 0.294. The highest BCUT2D eigenvalue weighted by Gasteiger charge is 2.03. The van der Waals surface area contributed by atoms with E-state index in [2.05, 4.69) is 31.2 Å². The van der Waals surface area contributed by atoms with Gasteiger partial charge in [0.1, 0.15) is 5.75 Å². The van der Waals surface area contributed by atoms with Crippen molar-refractivity contribution in [3.63, 3.8) is 0 Å². The molecular weight excluding hydrogens is 266 g/mol. The van der Waals surface area contributed by atoms with E-state index in [1.165, 1.54) is 11.1 Å². The zero-order valence-electron chi connectivity index (χ0n) is 12.1. The third-order valence-electron chi connectivity index (χ3n) is 3.12. The summed E-state index contributed by atoms with van der Waals surface area (Å²) in [5, 5.41) is 0. The maximum absolute atomic E-state index is 6.02. The highest BCUT2D eigenvalue weighted by atomic mass is 32.2. The summed E-state index contributed by atoms with van der Waals surface area (Å²) < 4.78 is 5.51. The topological polar surface area (TPSA) is 35.2 Å². The van der Waals surface area contributed by atoms with Gasteiger partial charge in [-0.05, 0) is 42.7 Å². The molecule has 0 aliphatic rings. The molecule has 2 aromatic carbocycles. The summed E-state index contributed by atoms with van der Waals surface area (Å²) in [5.74, 6) is 1.80. The Labute approximate surface area is 125 Å². The van der Waals surface area contributed by atoms with Crippen LogP contribution in [0.25, 0.3) is 0 Å². The van der Waals surface area contributed by atoms with Crippen LogP contribution in [0.4, 0.5) is 5.69 Å². The van der Waals surface area contributed by atoms with Crippen LogP contribution >= 0.6 is 11.8 Å². The lowest BCUT2D eigenvalue weighted by molar-refractivity contribution is 0.339. The number of rotatable bonds is 6. The molecule has 0 fully saturated rings. The van der Waals surface area contributed by atoms with E-state index in [1.54, 1.807) is 11.8 Å². The van der Waals surface area contributed by atoms with Gasteiger partial charge in [0, 0.05) is 16.3 Å². The van der Waals surface area contributed by atoms with Crippen LogP contribution in [0.5, 0.6) is 5.75 Å². The second kappa shape index (κ2) is 7.25. The predicted molar refractivity (Wildman–Crippen MR) is 87.4 cm³/mol. The molecule has 0 radical (unpaired) electrons. The van der Waals surface area contributed by atoms with Crippen LogP contribution in [0.3, 0.4) is 0 Å². The van der Waals surface area contributed by atoms with Gasteiger partial charge >= 0.3 is 0 Å². The number of hydrogen-bond acceptors (Lipinski definition) is 3. The Morgan fingerprint density at radius 2 is 1.70 bits per heavy atom. The van der Waals surface area contributed by atoms with Crippen LogP contribution in [0.1, 0.15) is 25.0 Å². The molecule has 0 spiro atoms. The van der Waals surface area contributed by atoms with Crippen molar-refractivity contribution >= 4 is 17.4 Å². The van der Waals surface area contributed by atoms with E-state index >= 15 is 0 Å². The largest absolute Gasteiger partial charge is 0.494 e. The van der Waals surface area contributed by atoms with Crippen LogP contribution in [0.2, 0.25) is 0 Å². The molecule has 3 heteroatoms. The average Bonchev–Trinajstić information content (AvgIpc) is 2.48. The molecule has 2 nitrogen and oxygen atoms in total. The zero-order valence-corrected chi connectivity index (χ0v) is 12.9. The van der Waals surface area contributed by atoms with Crippen molar-refractivity contribution in [2.45, 2.75) is 30.9 Å². The maximum atomic E-state index is 6.02. The van der Waals surface area contributed by atoms with E-state index in [0.29, 0.717) is 6.61 Å². The molecule has 0 aliphatic carbocycles. The minimum absolute atomic E-state index is 0.673. The number of hydrogen-bond donors (Lipinski definition) is 1. The van der Waals surface area contributed by atoms with E-state index in [1.807, 2.05) is 25.1 Å². The number of aryl methyl sites for hydroxylation is 1. The lowest BCUT2D eigenvalue weighted by Gasteiger charge is -2.09. The Kier molecular flexibility index (Phi) is 5.36. The molecule has 0 saturated heterocycles. The quantitative estimate of drug-likeness (QED) is 0.626. The van der Waals surface area contributed by atoms with Crippen molar-refractivity contribution in [2.24, 2.45) is 0 Å². The smallest absolute Gasteiger partial charge is 0.120 e. The minimum atomic E-state index is 0.673. The van der Waals surface area contributed by atoms with E-state index in [-0.39, 0.29) is 0 Å². The van der Waals surface area contributed by atoms with Crippen LogP contribution in [0, 0.1) is 0 Å². The van der Waals surface area contributed by atoms with Gasteiger partial charge in [0.2, 0.25) is 0 Å². The van der Waals surface area contributed by atoms with E-state index in [9.17, 15) is 0 Å². The van der Waals surface area contributed by atoms with Gasteiger partial charge in [0.25, 0.3) is 0 Å². The molecule has 20 heavy (non-hydrogen) atoms. The Bertz CT molecular complexity index is 551. The Morgan fingerprint density at radius 3 is 2.35 bits per heavy atom. The van der Waals surface area contributed by atoms with Gasteiger partial charge in [-0.1, -0.05) is 31.2 Å². The van der Waals surface area contributed by atoms with Gasteiger partial charge < -0.3 is 10.5 Å². The summed E-state index contributed by atoms with van der Waals surface area (Å²) in [7, 11) is 0. The highest BCUT2D eigenvalue weighted by molar-refractivity contribution is 7.98. The molecule has 0 atom stereocenters. The molecule has 2 aromatic rings. The fourth-order valence-electron chi connectivity index (χ4n) is 1.93. The Balaban J connectivity index is 2.03. The monoisotopic (exact) mass is 287 g/mol. The standard InChI is InChI=1S/C17H21NOS/c1-3-13-5-7-14(8-6-13)12-20-17-11-15(19-4-2)9-10-16(17)18/h5-11H,3-4,12,18H2,1-2H3. The van der Waals surface area contributed by atoms with Crippen LogP contribution in [-0.4, -0.2) is 6.61 Å². The number of anilines is 1. The van der Waals surface area contributed by atoms with Gasteiger partial charge in [-0.15, -0.1) is 11.8 Å². The van der Waals surface area contributed by atoms with Gasteiger partial charge in [-0.2, -0.15) is 0 Å². The van der Waals surface area contributed by atoms with Crippen LogP contribution in [-0.2, 0) is 12.2 Å². The predicted octanol–water partition coefficient (Wildman–Crippen LogP) is 4.52. The van der Waals surface area contributed by atoms with Crippen molar-refractivity contribution in [2.75, 3.05) is 12.3 Å². The van der Waals surface area contributed by atoms with Gasteiger partial charge in [-0.25, -0.2) is 0 Å². The van der Waals surface area contributed by atoms with Crippen molar-refractivity contribution in [3.05, 3.63) is 53.6 Å². The van der Waals surface area contributed by atoms with Gasteiger partial charge in [-0.3, -0.25) is 0 Å². The highest BCUT2D eigenvalue weighted by Crippen LogP contribution is 2.31. The van der Waals surface area contributed by atoms with Crippen LogP contribution in [0.15, 0.2) is 47.4 Å². The first-order chi connectivity index (χ1) is 9.72. The van der Waals surface area contributed by atoms with Gasteiger partial charge in [0.05, 0.1) is 6.61 Å². The molecule has 2 rings (SSSR count). The molecule has 2 N–H and O–H groups in total. The van der Waals surface area contributed by atoms with Crippen LogP contribution < -0.4 is 10.5 Å². The van der Waals surface area contributed by atoms with Crippen molar-refractivity contribution in [1.82, 2.24) is 0 Å². The van der Waals surface area contributed by atoms with E-state index in [4.69, 9.17) is 10.5 Å². The molecular formula is C17H21NOS. The number of nitrogen functional groups attached to an aromatic ring is 1. The lowest BCUT2D eigenvalue weighted by Crippen LogP contribution is -1.94. The summed E-state index contributed by atoms with van der Waals surface area (Å²) in [6, 6.07) is 14.6. The number of ether oxygens (including phenoxy) is 1. The first-order valence-corrected chi connectivity index (χ1v) is 7.94. The SMILES string of the molecule is CCOc1ccc(N)c(SCc2ccc(CC)cc2)c1. The summed E-state index contributed by atoms with van der Waals surface area (Å²) in [6.07, 6.45) is 1.08. The van der Waals surface area contributed by atoms with Crippen molar-refractivity contribution in [1.29, 1.82) is 0 Å². The average molecular weight is 287 g/mol. The Morgan fingerprint density at radius 1 is 1.00 bits per heavy atom. The third kappa shape index (κ3) is 3.94. The molecule has 0 heterocycles. The van der Waals surface area contributed by atoms with Crippen molar-refractivity contribution in [3.8, 4) is 5.75 Å². The molecule has 0 saturated carbocycles. The summed E-state index contributed by atoms with van der Waals surface area (Å²) in [4.78, 5) is 1.08. The molecule has 0 unspecified atom stereocenters. The van der Waals surface area contributed by atoms with Gasteiger partial charge in [0.15, 0.2) is 0 Å². The molecule has 106 valence electrons. The lowest BCUT2D eigenvalue weighted by atomic mass is 10.1. The fourth-order valence-corrected chi connectivity index (χ4v) is 2.88. The maximum Gasteiger partial charge on any atom is 0.120 e. The number of benzene rings is 2. The number of thioether (sulfide) groups is 1. The second-order valence-corrected chi connectivity index (χ2v) is 5.61. The summed E-state index contributed by atoms with van der Waals surface area (Å²) >= 11 is 1.75. The molecule has 0 bridgehead atoms. The minimum Gasteiger partial charge on any atom is -0.494 e. The molecule has 0 aromatic heterocycles. The van der Waals surface area contributed by atoms with E-state index < -0.39 is 0 Å². The zero-order chi connectivity index (χ0) is 14.4. The summed E-state index contributed by atoms with van der Waals surface area (Å²) in [5.41, 5.74) is 9.51. The molecule has 0 amide bonds. The van der Waals surface area contributed by atoms with E-state index in [0.717, 1.165) is 28.5 Å². The number of nitrogens with two attached hydrogens (primary N) is 1. The third-order valence-corrected chi connectivity index (χ3v) is 4.26. The summed E-state index contributed by atoms with van der Waals surface area (Å²) in [6.45, 7) is 4.83. The normalized spacial score (nSPS) is 10.5.